The number of hydrogen-bond acceptors (Lipinski definition) is 6. The number of carboxylic acid groups (broad SMARTS) is 1. The Labute approximate surface area is 173 Å². The zero-order chi connectivity index (χ0) is 22.0. The van der Waals surface area contributed by atoms with Crippen LogP contribution in [0.3, 0.4) is 0 Å². The molecule has 1 saturated heterocycles. The van der Waals surface area contributed by atoms with Crippen LogP contribution in [-0.4, -0.2) is 60.0 Å². The topological polar surface area (TPSA) is 94.3 Å². The first-order valence-corrected chi connectivity index (χ1v) is 9.26. The lowest BCUT2D eigenvalue weighted by Crippen LogP contribution is -2.50. The van der Waals surface area contributed by atoms with Crippen molar-refractivity contribution in [2.24, 2.45) is 0 Å². The number of fused-ring (bicyclic) bond motifs is 1. The Hall–Kier alpha value is -3.47. The van der Waals surface area contributed by atoms with E-state index in [1.807, 2.05) is 0 Å². The lowest BCUT2D eigenvalue weighted by Gasteiger charge is -2.32. The maximum absolute atomic E-state index is 12.3. The van der Waals surface area contributed by atoms with Gasteiger partial charge >= 0.3 is 12.5 Å². The summed E-state index contributed by atoms with van der Waals surface area (Å²) >= 11 is 0. The van der Waals surface area contributed by atoms with Crippen LogP contribution < -0.4 is 9.47 Å². The van der Waals surface area contributed by atoms with Gasteiger partial charge in [0.2, 0.25) is 0 Å². The Kier molecular flexibility index (Phi) is 5.59. The summed E-state index contributed by atoms with van der Waals surface area (Å²) in [7, 11) is 0. The number of benzene rings is 2. The van der Waals surface area contributed by atoms with Crippen LogP contribution in [-0.2, 0) is 4.74 Å². The van der Waals surface area contributed by atoms with Gasteiger partial charge in [-0.2, -0.15) is 0 Å². The lowest BCUT2D eigenvalue weighted by atomic mass is 10.0. The second-order valence-electron chi connectivity index (χ2n) is 6.79. The summed E-state index contributed by atoms with van der Waals surface area (Å²) in [5, 5.41) is 13.7. The van der Waals surface area contributed by atoms with Gasteiger partial charge in [-0.25, -0.2) is 4.79 Å². The highest BCUT2D eigenvalue weighted by Gasteiger charge is 2.31. The fraction of sp³-hybridized carbons (Fsp3) is 0.300. The SMILES string of the molecule is O=C(O)N1CCOC[C@@H]1COc1noc2ccc(-c3ccc(OC(F)(F)F)cc3)cc12. The van der Waals surface area contributed by atoms with E-state index < -0.39 is 18.5 Å². The summed E-state index contributed by atoms with van der Waals surface area (Å²) in [6.07, 6.45) is -5.81. The minimum absolute atomic E-state index is 0.0294. The molecule has 2 heterocycles. The van der Waals surface area contributed by atoms with E-state index in [0.29, 0.717) is 28.7 Å². The zero-order valence-corrected chi connectivity index (χ0v) is 16.0. The number of aromatic nitrogens is 1. The van der Waals surface area contributed by atoms with Crippen LogP contribution >= 0.6 is 0 Å². The number of ether oxygens (including phenoxy) is 3. The van der Waals surface area contributed by atoms with E-state index in [9.17, 15) is 23.1 Å². The number of rotatable bonds is 5. The van der Waals surface area contributed by atoms with Crippen molar-refractivity contribution >= 4 is 17.1 Å². The van der Waals surface area contributed by atoms with Crippen LogP contribution in [0.2, 0.25) is 0 Å². The van der Waals surface area contributed by atoms with Crippen molar-refractivity contribution in [1.82, 2.24) is 10.1 Å². The van der Waals surface area contributed by atoms with Gasteiger partial charge in [0, 0.05) is 6.54 Å². The van der Waals surface area contributed by atoms with Crippen LogP contribution in [0.25, 0.3) is 22.1 Å². The molecule has 1 N–H and O–H groups in total. The van der Waals surface area contributed by atoms with E-state index in [1.165, 1.54) is 29.2 Å². The predicted octanol–water partition coefficient (Wildman–Crippen LogP) is 4.15. The minimum atomic E-state index is -4.76. The van der Waals surface area contributed by atoms with Crippen molar-refractivity contribution in [3.05, 3.63) is 42.5 Å². The fourth-order valence-electron chi connectivity index (χ4n) is 3.27. The molecule has 2 aromatic carbocycles. The monoisotopic (exact) mass is 438 g/mol. The maximum atomic E-state index is 12.3. The molecule has 11 heteroatoms. The van der Waals surface area contributed by atoms with Crippen molar-refractivity contribution in [1.29, 1.82) is 0 Å². The number of nitrogens with zero attached hydrogens (tertiary/aromatic N) is 2. The molecule has 0 spiro atoms. The molecule has 1 atom stereocenters. The van der Waals surface area contributed by atoms with Crippen molar-refractivity contribution in [2.45, 2.75) is 12.4 Å². The summed E-state index contributed by atoms with van der Waals surface area (Å²) in [4.78, 5) is 12.6. The highest BCUT2D eigenvalue weighted by atomic mass is 19.4. The van der Waals surface area contributed by atoms with Gasteiger partial charge in [-0.15, -0.1) is 13.2 Å². The van der Waals surface area contributed by atoms with Crippen LogP contribution in [0.4, 0.5) is 18.0 Å². The third kappa shape index (κ3) is 4.82. The van der Waals surface area contributed by atoms with Gasteiger partial charge in [-0.05, 0) is 40.5 Å². The molecule has 1 aliphatic heterocycles. The first-order chi connectivity index (χ1) is 14.8. The summed E-state index contributed by atoms with van der Waals surface area (Å²) in [6.45, 7) is 0.814. The number of morpholine rings is 1. The number of carbonyl (C=O) groups is 1. The van der Waals surface area contributed by atoms with E-state index in [1.54, 1.807) is 18.2 Å². The molecule has 1 aliphatic rings. The van der Waals surface area contributed by atoms with Gasteiger partial charge in [0.05, 0.1) is 24.6 Å². The van der Waals surface area contributed by atoms with Crippen molar-refractivity contribution in [3.63, 3.8) is 0 Å². The van der Waals surface area contributed by atoms with Crippen LogP contribution in [0.1, 0.15) is 0 Å². The van der Waals surface area contributed by atoms with Crippen molar-refractivity contribution in [2.75, 3.05) is 26.4 Å². The smallest absolute Gasteiger partial charge is 0.473 e. The molecule has 0 bridgehead atoms. The molecule has 1 aromatic heterocycles. The van der Waals surface area contributed by atoms with Crippen molar-refractivity contribution < 1.29 is 41.8 Å². The van der Waals surface area contributed by atoms with Gasteiger partial charge in [-0.3, -0.25) is 4.90 Å². The molecular formula is C20H17F3N2O6. The number of halogens is 3. The minimum Gasteiger partial charge on any atom is -0.473 e. The Morgan fingerprint density at radius 2 is 1.94 bits per heavy atom. The molecule has 8 nitrogen and oxygen atoms in total. The van der Waals surface area contributed by atoms with Crippen LogP contribution in [0.5, 0.6) is 11.6 Å². The normalized spacial score (nSPS) is 17.0. The summed E-state index contributed by atoms with van der Waals surface area (Å²) in [5.41, 5.74) is 1.80. The fourth-order valence-corrected chi connectivity index (χ4v) is 3.27. The molecule has 0 saturated carbocycles. The molecule has 31 heavy (non-hydrogen) atoms. The molecule has 0 aliphatic carbocycles. The number of amides is 1. The Morgan fingerprint density at radius 1 is 1.19 bits per heavy atom. The second kappa shape index (κ2) is 8.34. The third-order valence-corrected chi connectivity index (χ3v) is 4.74. The number of hydrogen-bond donors (Lipinski definition) is 1. The molecule has 1 fully saturated rings. The average Bonchev–Trinajstić information content (AvgIpc) is 3.14. The lowest BCUT2D eigenvalue weighted by molar-refractivity contribution is -0.274. The maximum Gasteiger partial charge on any atom is 0.573 e. The highest BCUT2D eigenvalue weighted by molar-refractivity contribution is 5.87. The summed E-state index contributed by atoms with van der Waals surface area (Å²) in [5.74, 6) is -0.131. The first kappa shape index (κ1) is 20.8. The third-order valence-electron chi connectivity index (χ3n) is 4.74. The van der Waals surface area contributed by atoms with E-state index >= 15 is 0 Å². The molecule has 164 valence electrons. The Morgan fingerprint density at radius 3 is 2.65 bits per heavy atom. The number of alkyl halides is 3. The summed E-state index contributed by atoms with van der Waals surface area (Å²) < 4.78 is 57.1. The van der Waals surface area contributed by atoms with E-state index in [2.05, 4.69) is 9.89 Å². The van der Waals surface area contributed by atoms with E-state index in [-0.39, 0.29) is 31.4 Å². The predicted molar refractivity (Wildman–Crippen MR) is 101 cm³/mol. The Balaban J connectivity index is 1.52. The quantitative estimate of drug-likeness (QED) is 0.640. The Bertz CT molecular complexity index is 1070. The van der Waals surface area contributed by atoms with Gasteiger partial charge in [-0.1, -0.05) is 18.2 Å². The van der Waals surface area contributed by atoms with Crippen molar-refractivity contribution in [3.8, 4) is 22.8 Å². The molecule has 1 amide bonds. The van der Waals surface area contributed by atoms with Gasteiger partial charge in [0.25, 0.3) is 5.88 Å². The van der Waals surface area contributed by atoms with Gasteiger partial charge in [0.15, 0.2) is 5.58 Å². The summed E-state index contributed by atoms with van der Waals surface area (Å²) in [6, 6.07) is 10.1. The highest BCUT2D eigenvalue weighted by Crippen LogP contribution is 2.32. The first-order valence-electron chi connectivity index (χ1n) is 9.26. The molecule has 4 rings (SSSR count). The van der Waals surface area contributed by atoms with Crippen LogP contribution in [0.15, 0.2) is 47.0 Å². The average molecular weight is 438 g/mol. The van der Waals surface area contributed by atoms with Gasteiger partial charge < -0.3 is 23.8 Å². The molecule has 3 aromatic rings. The standard InChI is InChI=1S/C20H17F3N2O6/c21-20(22,23)30-15-4-1-12(2-5-15)13-3-6-17-16(9-13)18(24-31-17)29-11-14-10-28-8-7-25(14)19(26)27/h1-6,9,14H,7-8,10-11H2,(H,26,27)/t14-/m1/s1. The molecule has 0 unspecified atom stereocenters. The second-order valence-corrected chi connectivity index (χ2v) is 6.79. The van der Waals surface area contributed by atoms with Crippen LogP contribution in [0, 0.1) is 0 Å². The largest absolute Gasteiger partial charge is 0.573 e. The zero-order valence-electron chi connectivity index (χ0n) is 16.0. The molecule has 0 radical (unpaired) electrons. The molecular weight excluding hydrogens is 421 g/mol. The van der Waals surface area contributed by atoms with E-state index in [4.69, 9.17) is 14.0 Å². The van der Waals surface area contributed by atoms with Gasteiger partial charge in [0.1, 0.15) is 12.4 Å². The van der Waals surface area contributed by atoms with E-state index in [0.717, 1.165) is 0 Å².